The van der Waals surface area contributed by atoms with Gasteiger partial charge in [-0.2, -0.15) is 5.26 Å². The van der Waals surface area contributed by atoms with Crippen molar-refractivity contribution in [3.8, 4) is 6.07 Å². The number of para-hydroxylation sites is 1. The molecule has 1 aromatic rings. The highest BCUT2D eigenvalue weighted by atomic mass is 32.2. The quantitative estimate of drug-likeness (QED) is 0.766. The van der Waals surface area contributed by atoms with Crippen LogP contribution in [0.1, 0.15) is 12.0 Å². The number of carbonyl (C=O) groups is 2. The van der Waals surface area contributed by atoms with E-state index in [1.807, 2.05) is 6.07 Å². The molecule has 0 bridgehead atoms. The number of hydrogen-bond donors (Lipinski definition) is 3. The van der Waals surface area contributed by atoms with Crippen molar-refractivity contribution in [1.29, 1.82) is 10.7 Å². The molecule has 0 radical (unpaired) electrons. The first-order chi connectivity index (χ1) is 9.10. The van der Waals surface area contributed by atoms with Crippen molar-refractivity contribution in [1.82, 2.24) is 5.32 Å². The molecule has 2 rings (SSSR count). The Hall–Kier alpha value is -2.33. The first-order valence-corrected chi connectivity index (χ1v) is 6.33. The molecule has 1 aliphatic rings. The van der Waals surface area contributed by atoms with Gasteiger partial charge in [-0.05, 0) is 12.1 Å². The Bertz CT molecular complexity index is 594. The summed E-state index contributed by atoms with van der Waals surface area (Å²) < 4.78 is 0. The fraction of sp³-hybridized carbons (Fsp3) is 0.167. The summed E-state index contributed by atoms with van der Waals surface area (Å²) in [5, 5.41) is 20.6. The average molecular weight is 274 g/mol. The number of carbonyl (C=O) groups excluding carboxylic acids is 2. The van der Waals surface area contributed by atoms with E-state index < -0.39 is 5.25 Å². The van der Waals surface area contributed by atoms with E-state index in [0.29, 0.717) is 11.3 Å². The summed E-state index contributed by atoms with van der Waals surface area (Å²) in [5.41, 5.74) is 0.792. The molecule has 0 spiro atoms. The van der Waals surface area contributed by atoms with E-state index in [4.69, 9.17) is 10.7 Å². The summed E-state index contributed by atoms with van der Waals surface area (Å²) in [6.45, 7) is 0. The molecule has 1 fully saturated rings. The normalized spacial score (nSPS) is 17.7. The zero-order valence-electron chi connectivity index (χ0n) is 9.77. The van der Waals surface area contributed by atoms with E-state index in [1.54, 1.807) is 24.3 Å². The predicted molar refractivity (Wildman–Crippen MR) is 71.7 cm³/mol. The van der Waals surface area contributed by atoms with Gasteiger partial charge in [0.05, 0.1) is 11.3 Å². The highest BCUT2D eigenvalue weighted by molar-refractivity contribution is 8.15. The van der Waals surface area contributed by atoms with Crippen molar-refractivity contribution >= 4 is 34.4 Å². The molecular formula is C12H10N4O2S. The second-order valence-corrected chi connectivity index (χ2v) is 5.05. The van der Waals surface area contributed by atoms with Crippen LogP contribution in [0.15, 0.2) is 24.3 Å². The van der Waals surface area contributed by atoms with Gasteiger partial charge in [0.2, 0.25) is 11.8 Å². The molecule has 1 atom stereocenters. The third kappa shape index (κ3) is 3.11. The lowest BCUT2D eigenvalue weighted by atomic mass is 10.2. The fourth-order valence-corrected chi connectivity index (χ4v) is 2.46. The molecule has 19 heavy (non-hydrogen) atoms. The SMILES string of the molecule is N#Cc1ccccc1NC(=O)CC1SC(=N)NC1=O. The molecular weight excluding hydrogens is 264 g/mol. The maximum Gasteiger partial charge on any atom is 0.240 e. The lowest BCUT2D eigenvalue weighted by Crippen LogP contribution is -2.27. The van der Waals surface area contributed by atoms with E-state index in [1.165, 1.54) is 0 Å². The fourth-order valence-electron chi connectivity index (χ4n) is 1.61. The topological polar surface area (TPSA) is 106 Å². The maximum absolute atomic E-state index is 11.8. The van der Waals surface area contributed by atoms with Crippen LogP contribution in [0.5, 0.6) is 0 Å². The number of hydrogen-bond acceptors (Lipinski definition) is 5. The average Bonchev–Trinajstić information content (AvgIpc) is 2.68. The number of anilines is 1. The third-order valence-corrected chi connectivity index (χ3v) is 3.48. The number of amidine groups is 1. The Kier molecular flexibility index (Phi) is 3.82. The number of benzene rings is 1. The second-order valence-electron chi connectivity index (χ2n) is 3.83. The van der Waals surface area contributed by atoms with Gasteiger partial charge in [0.25, 0.3) is 0 Å². The molecule has 1 heterocycles. The standard InChI is InChI=1S/C12H10N4O2S/c13-6-7-3-1-2-4-8(7)15-10(17)5-9-11(18)16-12(14)19-9/h1-4,9H,5H2,(H,15,17)(H2,14,16,18). The van der Waals surface area contributed by atoms with E-state index in [2.05, 4.69) is 10.6 Å². The molecule has 0 aliphatic carbocycles. The van der Waals surface area contributed by atoms with Gasteiger partial charge in [0, 0.05) is 6.42 Å². The minimum absolute atomic E-state index is 0.0291. The third-order valence-electron chi connectivity index (χ3n) is 2.48. The lowest BCUT2D eigenvalue weighted by molar-refractivity contribution is -0.122. The van der Waals surface area contributed by atoms with Gasteiger partial charge in [-0.1, -0.05) is 23.9 Å². The summed E-state index contributed by atoms with van der Waals surface area (Å²) in [6, 6.07) is 8.62. The van der Waals surface area contributed by atoms with Crippen LogP contribution in [-0.4, -0.2) is 22.2 Å². The lowest BCUT2D eigenvalue weighted by Gasteiger charge is -2.08. The molecule has 1 unspecified atom stereocenters. The van der Waals surface area contributed by atoms with Crippen molar-refractivity contribution in [2.45, 2.75) is 11.7 Å². The molecule has 0 aromatic heterocycles. The molecule has 2 amide bonds. The zero-order chi connectivity index (χ0) is 13.8. The van der Waals surface area contributed by atoms with Gasteiger partial charge in [-0.3, -0.25) is 15.0 Å². The highest BCUT2D eigenvalue weighted by Crippen LogP contribution is 2.22. The van der Waals surface area contributed by atoms with Gasteiger partial charge in [-0.15, -0.1) is 0 Å². The smallest absolute Gasteiger partial charge is 0.240 e. The highest BCUT2D eigenvalue weighted by Gasteiger charge is 2.31. The predicted octanol–water partition coefficient (Wildman–Crippen LogP) is 1.05. The molecule has 0 saturated carbocycles. The van der Waals surface area contributed by atoms with Crippen LogP contribution in [-0.2, 0) is 9.59 Å². The number of nitriles is 1. The Balaban J connectivity index is 2.00. The Labute approximate surface area is 113 Å². The van der Waals surface area contributed by atoms with Crippen LogP contribution < -0.4 is 10.6 Å². The zero-order valence-corrected chi connectivity index (χ0v) is 10.6. The van der Waals surface area contributed by atoms with Crippen LogP contribution in [0.4, 0.5) is 5.69 Å². The number of rotatable bonds is 3. The molecule has 1 aromatic carbocycles. The minimum atomic E-state index is -0.582. The van der Waals surface area contributed by atoms with E-state index in [9.17, 15) is 9.59 Å². The van der Waals surface area contributed by atoms with Crippen molar-refractivity contribution in [2.24, 2.45) is 0 Å². The summed E-state index contributed by atoms with van der Waals surface area (Å²) in [4.78, 5) is 23.2. The van der Waals surface area contributed by atoms with E-state index >= 15 is 0 Å². The van der Waals surface area contributed by atoms with Gasteiger partial charge in [-0.25, -0.2) is 0 Å². The van der Waals surface area contributed by atoms with Crippen molar-refractivity contribution in [3.63, 3.8) is 0 Å². The first-order valence-electron chi connectivity index (χ1n) is 5.45. The summed E-state index contributed by atoms with van der Waals surface area (Å²) in [5.74, 6) is -0.691. The van der Waals surface area contributed by atoms with Gasteiger partial charge in [0.1, 0.15) is 11.3 Å². The Morgan fingerprint density at radius 1 is 1.53 bits per heavy atom. The monoisotopic (exact) mass is 274 g/mol. The van der Waals surface area contributed by atoms with E-state index in [-0.39, 0.29) is 23.4 Å². The molecule has 3 N–H and O–H groups in total. The minimum Gasteiger partial charge on any atom is -0.325 e. The second kappa shape index (κ2) is 5.54. The molecule has 7 heteroatoms. The van der Waals surface area contributed by atoms with Crippen molar-refractivity contribution in [2.75, 3.05) is 5.32 Å². The molecule has 96 valence electrons. The van der Waals surface area contributed by atoms with Crippen LogP contribution >= 0.6 is 11.8 Å². The molecule has 1 saturated heterocycles. The molecule has 1 aliphatic heterocycles. The number of thioether (sulfide) groups is 1. The Morgan fingerprint density at radius 2 is 2.26 bits per heavy atom. The van der Waals surface area contributed by atoms with Crippen molar-refractivity contribution in [3.05, 3.63) is 29.8 Å². The Morgan fingerprint density at radius 3 is 2.89 bits per heavy atom. The van der Waals surface area contributed by atoms with Crippen LogP contribution in [0, 0.1) is 16.7 Å². The summed E-state index contributed by atoms with van der Waals surface area (Å²) >= 11 is 1.02. The van der Waals surface area contributed by atoms with Gasteiger partial charge < -0.3 is 10.6 Å². The number of nitrogens with one attached hydrogen (secondary N) is 3. The maximum atomic E-state index is 11.8. The molecule has 6 nitrogen and oxygen atoms in total. The van der Waals surface area contributed by atoms with Crippen molar-refractivity contribution < 1.29 is 9.59 Å². The first kappa shape index (κ1) is 13.1. The summed E-state index contributed by atoms with van der Waals surface area (Å²) in [6.07, 6.45) is -0.0291. The summed E-state index contributed by atoms with van der Waals surface area (Å²) in [7, 11) is 0. The van der Waals surface area contributed by atoms with Crippen LogP contribution in [0.3, 0.4) is 0 Å². The van der Waals surface area contributed by atoms with Crippen LogP contribution in [0.25, 0.3) is 0 Å². The largest absolute Gasteiger partial charge is 0.325 e. The number of amides is 2. The van der Waals surface area contributed by atoms with Gasteiger partial charge >= 0.3 is 0 Å². The van der Waals surface area contributed by atoms with Crippen LogP contribution in [0.2, 0.25) is 0 Å². The van der Waals surface area contributed by atoms with Gasteiger partial charge in [0.15, 0.2) is 5.17 Å². The van der Waals surface area contributed by atoms with E-state index in [0.717, 1.165) is 11.8 Å². The number of nitrogens with zero attached hydrogens (tertiary/aromatic N) is 1.